The highest BCUT2D eigenvalue weighted by atomic mass is 127. The van der Waals surface area contributed by atoms with Crippen LogP contribution in [-0.4, -0.2) is 55.8 Å². The molecule has 5 nitrogen and oxygen atoms in total. The Labute approximate surface area is 143 Å². The summed E-state index contributed by atoms with van der Waals surface area (Å²) in [5.74, 6) is 0. The lowest BCUT2D eigenvalue weighted by molar-refractivity contribution is -0.0738. The molecule has 0 heterocycles. The zero-order chi connectivity index (χ0) is 16.2. The molecule has 0 aliphatic rings. The fraction of sp³-hybridized carbons (Fsp3) is 1.00. The number of alkyl halides is 1. The van der Waals surface area contributed by atoms with E-state index in [-0.39, 0.29) is 11.2 Å². The van der Waals surface area contributed by atoms with Crippen molar-refractivity contribution in [2.24, 2.45) is 5.73 Å². The number of hydrogen-bond donors (Lipinski definition) is 2. The van der Waals surface area contributed by atoms with E-state index in [1.54, 1.807) is 7.11 Å². The second-order valence-electron chi connectivity index (χ2n) is 6.08. The van der Waals surface area contributed by atoms with Crippen LogP contribution in [0.25, 0.3) is 0 Å². The van der Waals surface area contributed by atoms with E-state index in [0.29, 0.717) is 19.8 Å². The number of nitrogens with two attached hydrogens (primary N) is 1. The van der Waals surface area contributed by atoms with Crippen LogP contribution >= 0.6 is 22.6 Å². The van der Waals surface area contributed by atoms with Crippen molar-refractivity contribution in [2.45, 2.75) is 51.2 Å². The maximum Gasteiger partial charge on any atom is 0.0796 e. The molecular weight excluding hydrogens is 383 g/mol. The minimum atomic E-state index is -0.182. The molecule has 0 amide bonds. The van der Waals surface area contributed by atoms with Crippen LogP contribution in [0.4, 0.5) is 0 Å². The van der Waals surface area contributed by atoms with E-state index >= 15 is 0 Å². The molecule has 0 saturated heterocycles. The number of methoxy groups -OCH3 is 1. The van der Waals surface area contributed by atoms with E-state index in [1.807, 2.05) is 0 Å². The summed E-state index contributed by atoms with van der Waals surface area (Å²) in [5, 5.41) is 3.32. The molecule has 128 valence electrons. The van der Waals surface area contributed by atoms with Crippen LogP contribution < -0.4 is 11.1 Å². The molecule has 3 N–H and O–H groups in total. The molecule has 6 heteroatoms. The Balaban J connectivity index is 3.89. The molecule has 0 spiro atoms. The van der Waals surface area contributed by atoms with E-state index in [4.69, 9.17) is 19.9 Å². The van der Waals surface area contributed by atoms with Crippen molar-refractivity contribution in [2.75, 3.05) is 44.6 Å². The Bertz CT molecular complexity index is 255. The van der Waals surface area contributed by atoms with Gasteiger partial charge in [0, 0.05) is 37.8 Å². The second kappa shape index (κ2) is 12.0. The summed E-state index contributed by atoms with van der Waals surface area (Å²) < 4.78 is 18.1. The van der Waals surface area contributed by atoms with Gasteiger partial charge in [0.15, 0.2) is 0 Å². The number of halogens is 1. The van der Waals surface area contributed by atoms with Crippen LogP contribution in [0.3, 0.4) is 0 Å². The molecule has 0 aliphatic carbocycles. The first-order valence-electron chi connectivity index (χ1n) is 7.63. The van der Waals surface area contributed by atoms with E-state index in [9.17, 15) is 0 Å². The van der Waals surface area contributed by atoms with E-state index in [0.717, 1.165) is 37.0 Å². The molecule has 0 rings (SSSR count). The van der Waals surface area contributed by atoms with Crippen molar-refractivity contribution in [1.29, 1.82) is 0 Å². The molecule has 1 atom stereocenters. The van der Waals surface area contributed by atoms with Gasteiger partial charge in [-0.1, -0.05) is 22.6 Å². The van der Waals surface area contributed by atoms with Gasteiger partial charge in [-0.15, -0.1) is 0 Å². The summed E-state index contributed by atoms with van der Waals surface area (Å²) in [7, 11) is 1.76. The van der Waals surface area contributed by atoms with E-state index < -0.39 is 0 Å². The molecule has 0 fully saturated rings. The maximum absolute atomic E-state index is 6.00. The third kappa shape index (κ3) is 11.7. The van der Waals surface area contributed by atoms with Crippen molar-refractivity contribution in [3.8, 4) is 0 Å². The third-order valence-electron chi connectivity index (χ3n) is 3.55. The predicted octanol–water partition coefficient (Wildman–Crippen LogP) is 2.31. The Hall–Kier alpha value is 0.530. The quantitative estimate of drug-likeness (QED) is 0.197. The molecule has 0 aliphatic heterocycles. The van der Waals surface area contributed by atoms with Gasteiger partial charge in [0.1, 0.15) is 0 Å². The molecule has 0 bridgehead atoms. The Morgan fingerprint density at radius 1 is 1.10 bits per heavy atom. The summed E-state index contributed by atoms with van der Waals surface area (Å²) >= 11 is 2.30. The van der Waals surface area contributed by atoms with Crippen molar-refractivity contribution in [3.63, 3.8) is 0 Å². The Kier molecular flexibility index (Phi) is 12.3. The van der Waals surface area contributed by atoms with Gasteiger partial charge < -0.3 is 25.3 Å². The molecule has 0 saturated carbocycles. The fourth-order valence-electron chi connectivity index (χ4n) is 1.80. The van der Waals surface area contributed by atoms with Gasteiger partial charge in [0.2, 0.25) is 0 Å². The van der Waals surface area contributed by atoms with E-state index in [1.165, 1.54) is 0 Å². The lowest BCUT2D eigenvalue weighted by Crippen LogP contribution is -2.41. The summed E-state index contributed by atoms with van der Waals surface area (Å²) in [4.78, 5) is 0. The average Bonchev–Trinajstić information content (AvgIpc) is 2.44. The zero-order valence-electron chi connectivity index (χ0n) is 14.0. The predicted molar refractivity (Wildman–Crippen MR) is 96.1 cm³/mol. The first-order chi connectivity index (χ1) is 9.89. The molecule has 1 unspecified atom stereocenters. The lowest BCUT2D eigenvalue weighted by atomic mass is 10.0. The molecule has 0 radical (unpaired) electrons. The normalized spacial score (nSPS) is 15.1. The van der Waals surface area contributed by atoms with Crippen molar-refractivity contribution in [3.05, 3.63) is 0 Å². The highest BCUT2D eigenvalue weighted by Crippen LogP contribution is 2.19. The highest BCUT2D eigenvalue weighted by Gasteiger charge is 2.25. The number of hydrogen-bond acceptors (Lipinski definition) is 5. The fourth-order valence-corrected chi connectivity index (χ4v) is 2.06. The lowest BCUT2D eigenvalue weighted by Gasteiger charge is -2.31. The SMILES string of the molecule is COC(C)(CCOC(C)(C)CCOCCCN)CNCI. The van der Waals surface area contributed by atoms with Gasteiger partial charge in [-0.2, -0.15) is 0 Å². The molecular formula is C15H33IN2O3. The highest BCUT2D eigenvalue weighted by molar-refractivity contribution is 14.1. The van der Waals surface area contributed by atoms with Gasteiger partial charge in [-0.05, 0) is 40.2 Å². The summed E-state index contributed by atoms with van der Waals surface area (Å²) in [6.45, 7) is 9.96. The van der Waals surface area contributed by atoms with Crippen molar-refractivity contribution in [1.82, 2.24) is 5.32 Å². The van der Waals surface area contributed by atoms with Crippen LogP contribution in [0.1, 0.15) is 40.0 Å². The minimum absolute atomic E-state index is 0.173. The van der Waals surface area contributed by atoms with Crippen LogP contribution in [0.15, 0.2) is 0 Å². The zero-order valence-corrected chi connectivity index (χ0v) is 16.2. The summed E-state index contributed by atoms with van der Waals surface area (Å²) in [6, 6.07) is 0. The summed E-state index contributed by atoms with van der Waals surface area (Å²) in [5.41, 5.74) is 5.07. The first-order valence-corrected chi connectivity index (χ1v) is 9.15. The first kappa shape index (κ1) is 21.5. The Morgan fingerprint density at radius 2 is 1.81 bits per heavy atom. The monoisotopic (exact) mass is 416 g/mol. The van der Waals surface area contributed by atoms with Gasteiger partial charge in [0.25, 0.3) is 0 Å². The van der Waals surface area contributed by atoms with Crippen LogP contribution in [0.5, 0.6) is 0 Å². The van der Waals surface area contributed by atoms with Crippen LogP contribution in [0.2, 0.25) is 0 Å². The van der Waals surface area contributed by atoms with Gasteiger partial charge >= 0.3 is 0 Å². The summed E-state index contributed by atoms with van der Waals surface area (Å²) in [6.07, 6.45) is 2.66. The molecule has 21 heavy (non-hydrogen) atoms. The number of nitrogens with one attached hydrogen (secondary N) is 1. The van der Waals surface area contributed by atoms with Gasteiger partial charge in [-0.3, -0.25) is 0 Å². The van der Waals surface area contributed by atoms with Crippen molar-refractivity contribution < 1.29 is 14.2 Å². The number of ether oxygens (including phenoxy) is 3. The van der Waals surface area contributed by atoms with Gasteiger partial charge in [0.05, 0.1) is 17.8 Å². The van der Waals surface area contributed by atoms with Crippen LogP contribution in [0, 0.1) is 0 Å². The maximum atomic E-state index is 6.00. The standard InChI is InChI=1S/C15H33IN2O3/c1-14(2,6-10-20-9-5-8-17)21-11-7-15(3,19-4)12-18-13-16/h18H,5-13,17H2,1-4H3. The van der Waals surface area contributed by atoms with Crippen molar-refractivity contribution >= 4 is 22.6 Å². The van der Waals surface area contributed by atoms with Gasteiger partial charge in [-0.25, -0.2) is 0 Å². The number of rotatable bonds is 14. The molecule has 0 aromatic heterocycles. The topological polar surface area (TPSA) is 65.7 Å². The Morgan fingerprint density at radius 3 is 2.38 bits per heavy atom. The largest absolute Gasteiger partial charge is 0.381 e. The minimum Gasteiger partial charge on any atom is -0.381 e. The van der Waals surface area contributed by atoms with Crippen LogP contribution in [-0.2, 0) is 14.2 Å². The average molecular weight is 416 g/mol. The third-order valence-corrected chi connectivity index (χ3v) is 4.09. The molecule has 0 aromatic rings. The smallest absolute Gasteiger partial charge is 0.0796 e. The molecule has 0 aromatic carbocycles. The second-order valence-corrected chi connectivity index (χ2v) is 6.84. The van der Waals surface area contributed by atoms with E-state index in [2.05, 4.69) is 48.7 Å².